The van der Waals surface area contributed by atoms with E-state index in [9.17, 15) is 9.59 Å². The summed E-state index contributed by atoms with van der Waals surface area (Å²) in [6, 6.07) is 6.99. The topological polar surface area (TPSA) is 96.9 Å². The molecule has 0 saturated heterocycles. The zero-order chi connectivity index (χ0) is 21.3. The van der Waals surface area contributed by atoms with E-state index >= 15 is 0 Å². The van der Waals surface area contributed by atoms with Gasteiger partial charge in [-0.05, 0) is 63.7 Å². The summed E-state index contributed by atoms with van der Waals surface area (Å²) >= 11 is 0. The Balaban J connectivity index is 1.93. The molecule has 0 aliphatic heterocycles. The maximum absolute atomic E-state index is 12.6. The lowest BCUT2D eigenvalue weighted by molar-refractivity contribution is -0.154. The van der Waals surface area contributed by atoms with E-state index in [4.69, 9.17) is 14.7 Å². The van der Waals surface area contributed by atoms with Crippen LogP contribution in [0.4, 0.5) is 0 Å². The first-order valence-electron chi connectivity index (χ1n) is 10.1. The summed E-state index contributed by atoms with van der Waals surface area (Å²) in [6.45, 7) is 6.59. The minimum atomic E-state index is -0.585. The van der Waals surface area contributed by atoms with Crippen molar-refractivity contribution in [2.75, 3.05) is 6.61 Å². The molecule has 7 nitrogen and oxygen atoms in total. The average Bonchev–Trinajstić information content (AvgIpc) is 3.19. The van der Waals surface area contributed by atoms with E-state index < -0.39 is 11.9 Å². The number of rotatable bonds is 9. The minimum Gasteiger partial charge on any atom is -0.461 e. The van der Waals surface area contributed by atoms with Crippen molar-refractivity contribution in [2.45, 2.75) is 70.7 Å². The van der Waals surface area contributed by atoms with Gasteiger partial charge in [0.15, 0.2) is 0 Å². The maximum Gasteiger partial charge on any atom is 0.325 e. The number of amides is 1. The van der Waals surface area contributed by atoms with E-state index in [0.717, 1.165) is 36.8 Å². The molecule has 1 aromatic rings. The molecule has 1 aliphatic rings. The molecule has 0 heterocycles. The van der Waals surface area contributed by atoms with Crippen LogP contribution in [-0.4, -0.2) is 41.4 Å². The largest absolute Gasteiger partial charge is 0.461 e. The number of nitrogens with one attached hydrogen (secondary N) is 2. The summed E-state index contributed by atoms with van der Waals surface area (Å²) in [7, 11) is 0. The van der Waals surface area contributed by atoms with E-state index in [1.54, 1.807) is 11.6 Å². The van der Waals surface area contributed by atoms with Gasteiger partial charge in [-0.2, -0.15) is 0 Å². The van der Waals surface area contributed by atoms with Crippen molar-refractivity contribution in [3.8, 4) is 0 Å². The molecule has 0 radical (unpaired) electrons. The molecule has 0 bridgehead atoms. The lowest BCUT2D eigenvalue weighted by Crippen LogP contribution is -2.44. The molecule has 160 valence electrons. The molecule has 2 rings (SSSR count). The molecular formula is C22H32N2O5. The van der Waals surface area contributed by atoms with Crippen LogP contribution in [0.2, 0.25) is 0 Å². The van der Waals surface area contributed by atoms with Gasteiger partial charge in [0.1, 0.15) is 12.1 Å². The number of hydroxylamine groups is 1. The van der Waals surface area contributed by atoms with E-state index in [1.807, 2.05) is 45.0 Å². The summed E-state index contributed by atoms with van der Waals surface area (Å²) in [5, 5.41) is 11.7. The Morgan fingerprint density at radius 2 is 1.86 bits per heavy atom. The van der Waals surface area contributed by atoms with Crippen LogP contribution >= 0.6 is 0 Å². The quantitative estimate of drug-likeness (QED) is 0.253. The van der Waals surface area contributed by atoms with Gasteiger partial charge in [-0.15, -0.1) is 0 Å². The van der Waals surface area contributed by atoms with Gasteiger partial charge in [0, 0.05) is 12.6 Å². The number of esters is 1. The van der Waals surface area contributed by atoms with E-state index in [0.29, 0.717) is 6.54 Å². The van der Waals surface area contributed by atoms with Crippen LogP contribution in [0.3, 0.4) is 0 Å². The molecule has 1 aromatic carbocycles. The van der Waals surface area contributed by atoms with Gasteiger partial charge < -0.3 is 9.47 Å². The zero-order valence-corrected chi connectivity index (χ0v) is 17.4. The number of hydrogen-bond acceptors (Lipinski definition) is 6. The molecule has 1 atom stereocenters. The second-order valence-corrected chi connectivity index (χ2v) is 8.25. The summed E-state index contributed by atoms with van der Waals surface area (Å²) in [5.74, 6) is -0.853. The monoisotopic (exact) mass is 404 g/mol. The van der Waals surface area contributed by atoms with Crippen molar-refractivity contribution >= 4 is 18.0 Å². The molecule has 29 heavy (non-hydrogen) atoms. The first-order valence-corrected chi connectivity index (χ1v) is 10.1. The molecule has 3 N–H and O–H groups in total. The predicted octanol–water partition coefficient (Wildman–Crippen LogP) is 2.96. The Bertz CT molecular complexity index is 688. The van der Waals surface area contributed by atoms with Gasteiger partial charge in [-0.25, -0.2) is 5.48 Å². The van der Waals surface area contributed by atoms with Gasteiger partial charge in [0.2, 0.25) is 0 Å². The highest BCUT2D eigenvalue weighted by molar-refractivity contribution is 5.90. The van der Waals surface area contributed by atoms with E-state index in [-0.39, 0.29) is 24.3 Å². The number of ether oxygens (including phenoxy) is 2. The highest BCUT2D eigenvalue weighted by atomic mass is 16.6. The third-order valence-electron chi connectivity index (χ3n) is 4.62. The second kappa shape index (κ2) is 11.1. The molecular weight excluding hydrogens is 372 g/mol. The summed E-state index contributed by atoms with van der Waals surface area (Å²) in [4.78, 5) is 23.7. The highest BCUT2D eigenvalue weighted by Gasteiger charge is 2.27. The smallest absolute Gasteiger partial charge is 0.325 e. The fraction of sp³-hybridized carbons (Fsp3) is 0.545. The van der Waals surface area contributed by atoms with Crippen LogP contribution in [-0.2, 0) is 25.6 Å². The van der Waals surface area contributed by atoms with Crippen LogP contribution in [0.5, 0.6) is 0 Å². The third kappa shape index (κ3) is 8.77. The van der Waals surface area contributed by atoms with Crippen molar-refractivity contribution in [2.24, 2.45) is 0 Å². The van der Waals surface area contributed by atoms with Crippen LogP contribution < -0.4 is 10.8 Å². The highest BCUT2D eigenvalue weighted by Crippen LogP contribution is 2.21. The molecule has 1 saturated carbocycles. The lowest BCUT2D eigenvalue weighted by Gasteiger charge is -2.25. The van der Waals surface area contributed by atoms with Crippen LogP contribution in [0.1, 0.15) is 57.6 Å². The van der Waals surface area contributed by atoms with E-state index in [1.165, 1.54) is 6.08 Å². The Labute approximate surface area is 172 Å². The molecule has 1 amide bonds. The standard InChI is InChI=1S/C22H32N2O5/c1-22(2,3)28-15-19(21(26)29-18-6-4-5-7-18)23-14-17-10-8-16(9-11-17)12-13-20(25)24-27/h8-13,18-19,23,27H,4-7,14-15H2,1-3H3,(H,24,25)/b13-12+/t19-/m1/s1. The molecule has 1 aliphatic carbocycles. The first kappa shape index (κ1) is 23.1. The second-order valence-electron chi connectivity index (χ2n) is 8.25. The van der Waals surface area contributed by atoms with Crippen LogP contribution in [0.25, 0.3) is 6.08 Å². The summed E-state index contributed by atoms with van der Waals surface area (Å²) < 4.78 is 11.5. The molecule has 7 heteroatoms. The van der Waals surface area contributed by atoms with E-state index in [2.05, 4.69) is 5.32 Å². The Kier molecular flexibility index (Phi) is 8.82. The van der Waals surface area contributed by atoms with Gasteiger partial charge in [-0.1, -0.05) is 24.3 Å². The Morgan fingerprint density at radius 1 is 1.21 bits per heavy atom. The van der Waals surface area contributed by atoms with Crippen molar-refractivity contribution in [3.63, 3.8) is 0 Å². The van der Waals surface area contributed by atoms with Crippen molar-refractivity contribution in [3.05, 3.63) is 41.5 Å². The zero-order valence-electron chi connectivity index (χ0n) is 17.4. The number of carbonyl (C=O) groups is 2. The minimum absolute atomic E-state index is 0.0172. The lowest BCUT2D eigenvalue weighted by atomic mass is 10.1. The van der Waals surface area contributed by atoms with Crippen LogP contribution in [0, 0.1) is 0 Å². The van der Waals surface area contributed by atoms with Gasteiger partial charge in [0.05, 0.1) is 12.2 Å². The number of carbonyl (C=O) groups excluding carboxylic acids is 2. The van der Waals surface area contributed by atoms with Gasteiger partial charge in [0.25, 0.3) is 5.91 Å². The molecule has 0 aromatic heterocycles. The normalized spacial score (nSPS) is 16.1. The molecule has 1 fully saturated rings. The first-order chi connectivity index (χ1) is 13.8. The van der Waals surface area contributed by atoms with Crippen molar-refractivity contribution < 1.29 is 24.3 Å². The summed E-state index contributed by atoms with van der Waals surface area (Å²) in [6.07, 6.45) is 6.94. The Hall–Kier alpha value is -2.22. The number of hydrogen-bond donors (Lipinski definition) is 3. The molecule has 0 unspecified atom stereocenters. The Morgan fingerprint density at radius 3 is 2.45 bits per heavy atom. The van der Waals surface area contributed by atoms with Gasteiger partial charge >= 0.3 is 5.97 Å². The SMILES string of the molecule is CC(C)(C)OC[C@@H](NCc1ccc(/C=C/C(=O)NO)cc1)C(=O)OC1CCCC1. The van der Waals surface area contributed by atoms with Crippen LogP contribution in [0.15, 0.2) is 30.3 Å². The molecule has 0 spiro atoms. The maximum atomic E-state index is 12.6. The average molecular weight is 405 g/mol. The van der Waals surface area contributed by atoms with Crippen molar-refractivity contribution in [1.29, 1.82) is 0 Å². The summed E-state index contributed by atoms with van der Waals surface area (Å²) in [5.41, 5.74) is 3.02. The fourth-order valence-electron chi connectivity index (χ4n) is 2.99. The van der Waals surface area contributed by atoms with Gasteiger partial charge in [-0.3, -0.25) is 20.1 Å². The van der Waals surface area contributed by atoms with Crippen molar-refractivity contribution in [1.82, 2.24) is 10.8 Å². The predicted molar refractivity (Wildman–Crippen MR) is 110 cm³/mol. The fourth-order valence-corrected chi connectivity index (χ4v) is 2.99. The number of benzene rings is 1. The third-order valence-corrected chi connectivity index (χ3v) is 4.62.